The Balaban J connectivity index is 1.92. The molecule has 0 bridgehead atoms. The molecule has 2 aromatic carbocycles. The van der Waals surface area contributed by atoms with E-state index in [4.69, 9.17) is 16.7 Å². The van der Waals surface area contributed by atoms with Crippen molar-refractivity contribution < 1.29 is 14.7 Å². The predicted molar refractivity (Wildman–Crippen MR) is 98.3 cm³/mol. The van der Waals surface area contributed by atoms with Crippen LogP contribution >= 0.6 is 22.9 Å². The summed E-state index contributed by atoms with van der Waals surface area (Å²) in [7, 11) is 0. The van der Waals surface area contributed by atoms with Gasteiger partial charge in [0.2, 0.25) is 0 Å². The number of halogens is 1. The van der Waals surface area contributed by atoms with E-state index in [9.17, 15) is 9.59 Å². The van der Waals surface area contributed by atoms with E-state index in [1.807, 2.05) is 30.3 Å². The van der Waals surface area contributed by atoms with Crippen molar-refractivity contribution >= 4 is 39.9 Å². The molecular formula is C18H13ClN2O3S. The van der Waals surface area contributed by atoms with Crippen molar-refractivity contribution in [3.8, 4) is 11.3 Å². The van der Waals surface area contributed by atoms with Crippen LogP contribution in [0.15, 0.2) is 54.6 Å². The van der Waals surface area contributed by atoms with Gasteiger partial charge in [-0.25, -0.2) is 4.98 Å². The molecule has 25 heavy (non-hydrogen) atoms. The molecule has 1 aromatic heterocycles. The van der Waals surface area contributed by atoms with Crippen LogP contribution in [0.4, 0.5) is 5.13 Å². The minimum absolute atomic E-state index is 0.163. The highest BCUT2D eigenvalue weighted by molar-refractivity contribution is 7.16. The summed E-state index contributed by atoms with van der Waals surface area (Å²) < 4.78 is 0. The maximum Gasteiger partial charge on any atom is 0.308 e. The summed E-state index contributed by atoms with van der Waals surface area (Å²) in [6.45, 7) is 0. The third-order valence-electron chi connectivity index (χ3n) is 3.40. The van der Waals surface area contributed by atoms with Crippen LogP contribution in [-0.2, 0) is 11.2 Å². The first kappa shape index (κ1) is 17.1. The number of aromatic nitrogens is 1. The Kier molecular flexibility index (Phi) is 5.11. The summed E-state index contributed by atoms with van der Waals surface area (Å²) >= 11 is 7.18. The normalized spacial score (nSPS) is 10.4. The van der Waals surface area contributed by atoms with Crippen molar-refractivity contribution in [1.29, 1.82) is 0 Å². The van der Waals surface area contributed by atoms with Crippen LogP contribution in [0, 0.1) is 0 Å². The topological polar surface area (TPSA) is 79.3 Å². The molecule has 3 rings (SSSR count). The molecule has 1 amide bonds. The fourth-order valence-electron chi connectivity index (χ4n) is 2.29. The number of aliphatic carboxylic acids is 1. The average molecular weight is 373 g/mol. The molecule has 0 atom stereocenters. The van der Waals surface area contributed by atoms with Crippen LogP contribution in [0.3, 0.4) is 0 Å². The lowest BCUT2D eigenvalue weighted by Crippen LogP contribution is -2.12. The van der Waals surface area contributed by atoms with Gasteiger partial charge < -0.3 is 5.11 Å². The first-order valence-electron chi connectivity index (χ1n) is 7.37. The molecule has 0 radical (unpaired) electrons. The third kappa shape index (κ3) is 4.04. The summed E-state index contributed by atoms with van der Waals surface area (Å²) in [6, 6.07) is 16.0. The number of amides is 1. The largest absolute Gasteiger partial charge is 0.481 e. The van der Waals surface area contributed by atoms with E-state index < -0.39 is 5.97 Å². The number of carbonyl (C=O) groups is 2. The number of carboxylic acids is 1. The number of carboxylic acid groups (broad SMARTS) is 1. The van der Waals surface area contributed by atoms with Gasteiger partial charge >= 0.3 is 5.97 Å². The fourth-order valence-corrected chi connectivity index (χ4v) is 3.49. The lowest BCUT2D eigenvalue weighted by Gasteiger charge is -2.03. The highest BCUT2D eigenvalue weighted by Gasteiger charge is 2.18. The van der Waals surface area contributed by atoms with Crippen molar-refractivity contribution in [2.75, 3.05) is 5.32 Å². The highest BCUT2D eigenvalue weighted by Crippen LogP contribution is 2.32. The second kappa shape index (κ2) is 7.46. The van der Waals surface area contributed by atoms with Crippen LogP contribution in [0.5, 0.6) is 0 Å². The van der Waals surface area contributed by atoms with Gasteiger partial charge in [-0.3, -0.25) is 14.9 Å². The Hall–Kier alpha value is -2.70. The maximum atomic E-state index is 12.4. The number of rotatable bonds is 5. The standard InChI is InChI=1S/C18H13ClN2O3S/c19-13-9-5-4-8-12(13)17(24)21-18-20-16(11-6-2-1-3-7-11)14(25-18)10-15(22)23/h1-9H,10H2,(H,22,23)(H,20,21,24). The van der Waals surface area contributed by atoms with Gasteiger partial charge in [0, 0.05) is 10.4 Å². The quantitative estimate of drug-likeness (QED) is 0.698. The number of benzene rings is 2. The second-order valence-electron chi connectivity index (χ2n) is 5.16. The summed E-state index contributed by atoms with van der Waals surface area (Å²) in [5.41, 5.74) is 1.69. The van der Waals surface area contributed by atoms with Gasteiger partial charge in [-0.15, -0.1) is 11.3 Å². The smallest absolute Gasteiger partial charge is 0.308 e. The van der Waals surface area contributed by atoms with Gasteiger partial charge in [-0.2, -0.15) is 0 Å². The summed E-state index contributed by atoms with van der Waals surface area (Å²) in [5, 5.41) is 12.5. The van der Waals surface area contributed by atoms with Gasteiger partial charge in [0.05, 0.1) is 22.7 Å². The zero-order chi connectivity index (χ0) is 17.8. The van der Waals surface area contributed by atoms with Gasteiger partial charge in [-0.1, -0.05) is 54.1 Å². The molecule has 0 spiro atoms. The molecule has 1 heterocycles. The zero-order valence-electron chi connectivity index (χ0n) is 12.9. The van der Waals surface area contributed by atoms with Crippen LogP contribution in [0.2, 0.25) is 5.02 Å². The molecule has 126 valence electrons. The number of hydrogen-bond donors (Lipinski definition) is 2. The van der Waals surface area contributed by atoms with Crippen molar-refractivity contribution in [3.63, 3.8) is 0 Å². The van der Waals surface area contributed by atoms with Gasteiger partial charge in [0.15, 0.2) is 5.13 Å². The molecule has 0 saturated heterocycles. The van der Waals surface area contributed by atoms with Crippen molar-refractivity contribution in [1.82, 2.24) is 4.98 Å². The van der Waals surface area contributed by atoms with E-state index >= 15 is 0 Å². The van der Waals surface area contributed by atoms with Gasteiger partial charge in [0.25, 0.3) is 5.91 Å². The Labute approximate surface area is 152 Å². The van der Waals surface area contributed by atoms with Crippen LogP contribution in [-0.4, -0.2) is 22.0 Å². The molecule has 7 heteroatoms. The van der Waals surface area contributed by atoms with Crippen LogP contribution < -0.4 is 5.32 Å². The minimum Gasteiger partial charge on any atom is -0.481 e. The Morgan fingerprint density at radius 2 is 1.76 bits per heavy atom. The Morgan fingerprint density at radius 1 is 1.08 bits per heavy atom. The summed E-state index contributed by atoms with van der Waals surface area (Å²) in [4.78, 5) is 28.5. The van der Waals surface area contributed by atoms with E-state index in [1.54, 1.807) is 24.3 Å². The van der Waals surface area contributed by atoms with E-state index in [2.05, 4.69) is 10.3 Å². The molecule has 2 N–H and O–H groups in total. The molecule has 0 unspecified atom stereocenters. The van der Waals surface area contributed by atoms with Crippen LogP contribution in [0.1, 0.15) is 15.2 Å². The number of nitrogens with one attached hydrogen (secondary N) is 1. The molecule has 0 saturated carbocycles. The lowest BCUT2D eigenvalue weighted by molar-refractivity contribution is -0.136. The number of nitrogens with zero attached hydrogens (tertiary/aromatic N) is 1. The molecule has 3 aromatic rings. The molecule has 5 nitrogen and oxygen atoms in total. The molecular weight excluding hydrogens is 360 g/mol. The predicted octanol–water partition coefficient (Wildman–Crippen LogP) is 4.34. The molecule has 0 fully saturated rings. The van der Waals surface area contributed by atoms with Crippen molar-refractivity contribution in [2.45, 2.75) is 6.42 Å². The first-order valence-corrected chi connectivity index (χ1v) is 8.57. The summed E-state index contributed by atoms with van der Waals surface area (Å²) in [5.74, 6) is -1.34. The molecule has 0 aliphatic rings. The van der Waals surface area contributed by atoms with Gasteiger partial charge in [0.1, 0.15) is 0 Å². The average Bonchev–Trinajstić information content (AvgIpc) is 2.97. The Bertz CT molecular complexity index is 925. The number of anilines is 1. The SMILES string of the molecule is O=C(O)Cc1sc(NC(=O)c2ccccc2Cl)nc1-c1ccccc1. The maximum absolute atomic E-state index is 12.4. The third-order valence-corrected chi connectivity index (χ3v) is 4.70. The second-order valence-corrected chi connectivity index (χ2v) is 6.65. The van der Waals surface area contributed by atoms with E-state index in [-0.39, 0.29) is 12.3 Å². The molecule has 0 aliphatic heterocycles. The van der Waals surface area contributed by atoms with Crippen LogP contribution in [0.25, 0.3) is 11.3 Å². The lowest BCUT2D eigenvalue weighted by atomic mass is 10.1. The highest BCUT2D eigenvalue weighted by atomic mass is 35.5. The van der Waals surface area contributed by atoms with Crippen molar-refractivity contribution in [3.05, 3.63) is 70.1 Å². The van der Waals surface area contributed by atoms with Gasteiger partial charge in [-0.05, 0) is 12.1 Å². The molecule has 0 aliphatic carbocycles. The fraction of sp³-hybridized carbons (Fsp3) is 0.0556. The first-order chi connectivity index (χ1) is 12.0. The Morgan fingerprint density at radius 3 is 2.44 bits per heavy atom. The van der Waals surface area contributed by atoms with E-state index in [1.165, 1.54) is 0 Å². The number of carbonyl (C=O) groups excluding carboxylic acids is 1. The number of hydrogen-bond acceptors (Lipinski definition) is 4. The van der Waals surface area contributed by atoms with E-state index in [0.717, 1.165) is 16.9 Å². The van der Waals surface area contributed by atoms with Crippen molar-refractivity contribution in [2.24, 2.45) is 0 Å². The summed E-state index contributed by atoms with van der Waals surface area (Å²) in [6.07, 6.45) is -0.163. The zero-order valence-corrected chi connectivity index (χ0v) is 14.5. The monoisotopic (exact) mass is 372 g/mol. The minimum atomic E-state index is -0.954. The number of thiazole rings is 1. The van der Waals surface area contributed by atoms with E-state index in [0.29, 0.717) is 26.3 Å².